The topological polar surface area (TPSA) is 65.6 Å². The van der Waals surface area contributed by atoms with Gasteiger partial charge in [-0.1, -0.05) is 156 Å². The molecule has 0 aliphatic carbocycles. The first kappa shape index (κ1) is 36.2. The molecule has 0 unspecified atom stereocenters. The van der Waals surface area contributed by atoms with Crippen LogP contribution in [0.25, 0.3) is 40.0 Å². The average Bonchev–Trinajstić information content (AvgIpc) is 3.75. The Labute approximate surface area is 332 Å². The summed E-state index contributed by atoms with van der Waals surface area (Å²) < 4.78 is 11.1. The van der Waals surface area contributed by atoms with E-state index in [9.17, 15) is 9.59 Å². The summed E-state index contributed by atoms with van der Waals surface area (Å²) in [7, 11) is 0. The third kappa shape index (κ3) is 6.99. The van der Waals surface area contributed by atoms with Crippen LogP contribution in [-0.2, 0) is 9.53 Å². The van der Waals surface area contributed by atoms with Gasteiger partial charge in [-0.15, -0.1) is 0 Å². The van der Waals surface area contributed by atoms with Crippen molar-refractivity contribution >= 4 is 45.0 Å². The normalized spacial score (nSPS) is 14.2. The number of fused-ring (bicyclic) bond motifs is 1. The van der Waals surface area contributed by atoms with E-state index in [0.717, 1.165) is 49.4 Å². The zero-order valence-electron chi connectivity index (χ0n) is 30.6. The Kier molecular flexibility index (Phi) is 10.2. The molecule has 0 N–H and O–H groups in total. The van der Waals surface area contributed by atoms with Crippen molar-refractivity contribution in [3.63, 3.8) is 0 Å². The van der Waals surface area contributed by atoms with Crippen LogP contribution in [0.2, 0.25) is 0 Å². The molecule has 7 aromatic rings. The summed E-state index contributed by atoms with van der Waals surface area (Å²) in [5.74, 6) is -0.178. The molecule has 8 rings (SSSR count). The minimum absolute atomic E-state index is 0.190. The van der Waals surface area contributed by atoms with Gasteiger partial charge in [-0.3, -0.25) is 9.36 Å². The summed E-state index contributed by atoms with van der Waals surface area (Å²) in [5, 5.41) is 0. The molecule has 0 saturated carbocycles. The van der Waals surface area contributed by atoms with Crippen LogP contribution in [-0.4, -0.2) is 21.7 Å². The Hall–Kier alpha value is -5.83. The molecule has 3 heterocycles. The Morgan fingerprint density at radius 2 is 1.42 bits per heavy atom. The molecule has 0 amide bonds. The summed E-state index contributed by atoms with van der Waals surface area (Å²) >= 11 is 4.94. The maximum Gasteiger partial charge on any atom is 0.338 e. The number of thiazole rings is 1. The Bertz CT molecular complexity index is 2710. The van der Waals surface area contributed by atoms with E-state index in [1.54, 1.807) is 11.5 Å². The van der Waals surface area contributed by atoms with E-state index >= 15 is 0 Å². The van der Waals surface area contributed by atoms with Crippen molar-refractivity contribution in [3.8, 4) is 28.2 Å². The fourth-order valence-corrected chi connectivity index (χ4v) is 8.43. The number of halogens is 1. The van der Waals surface area contributed by atoms with Crippen molar-refractivity contribution in [2.24, 2.45) is 4.99 Å². The number of carbonyl (C=O) groups excluding carboxylic acids is 1. The Balaban J connectivity index is 1.42. The first-order valence-electron chi connectivity index (χ1n) is 18.3. The number of benzene rings is 5. The van der Waals surface area contributed by atoms with Crippen LogP contribution in [0.15, 0.2) is 165 Å². The molecule has 2 aromatic heterocycles. The number of rotatable bonds is 9. The van der Waals surface area contributed by atoms with E-state index < -0.39 is 12.0 Å². The SMILES string of the molecule is CCOC(=O)C1=C(c2ccccc2)N=c2s/c(=C\c3cc(-c4ccccc4)n(-c4ccc(Br)cc4)c3-c3ccccc3)c(=O)n2[C@@H]1c1ccc(C(C)C)cc1. The van der Waals surface area contributed by atoms with E-state index in [4.69, 9.17) is 9.73 Å². The summed E-state index contributed by atoms with van der Waals surface area (Å²) in [6.45, 7) is 6.27. The van der Waals surface area contributed by atoms with Gasteiger partial charge in [0.25, 0.3) is 5.56 Å². The van der Waals surface area contributed by atoms with Gasteiger partial charge >= 0.3 is 5.97 Å². The van der Waals surface area contributed by atoms with E-state index in [1.165, 1.54) is 16.9 Å². The molecule has 1 atom stereocenters. The quantitative estimate of drug-likeness (QED) is 0.137. The summed E-state index contributed by atoms with van der Waals surface area (Å²) in [5.41, 5.74) is 9.20. The molecule has 55 heavy (non-hydrogen) atoms. The Morgan fingerprint density at radius 1 is 0.818 bits per heavy atom. The van der Waals surface area contributed by atoms with E-state index in [1.807, 2.05) is 97.1 Å². The monoisotopic (exact) mass is 803 g/mol. The van der Waals surface area contributed by atoms with Crippen LogP contribution in [0.5, 0.6) is 0 Å². The summed E-state index contributed by atoms with van der Waals surface area (Å²) in [6, 6.07) is 48.0. The molecule has 5 aromatic carbocycles. The molecule has 272 valence electrons. The molecular weight excluding hydrogens is 767 g/mol. The maximum absolute atomic E-state index is 15.0. The van der Waals surface area contributed by atoms with Crippen LogP contribution in [0.4, 0.5) is 0 Å². The molecule has 0 spiro atoms. The van der Waals surface area contributed by atoms with Gasteiger partial charge in [0.1, 0.15) is 0 Å². The highest BCUT2D eigenvalue weighted by molar-refractivity contribution is 9.10. The van der Waals surface area contributed by atoms with Gasteiger partial charge in [0.15, 0.2) is 4.80 Å². The second-order valence-corrected chi connectivity index (χ2v) is 15.6. The zero-order chi connectivity index (χ0) is 38.1. The number of aromatic nitrogens is 2. The predicted molar refractivity (Wildman–Crippen MR) is 226 cm³/mol. The zero-order valence-corrected chi connectivity index (χ0v) is 33.1. The van der Waals surface area contributed by atoms with Crippen molar-refractivity contribution in [3.05, 3.63) is 198 Å². The second-order valence-electron chi connectivity index (χ2n) is 13.6. The Morgan fingerprint density at radius 3 is 2.02 bits per heavy atom. The van der Waals surface area contributed by atoms with Gasteiger partial charge < -0.3 is 9.30 Å². The number of hydrogen-bond acceptors (Lipinski definition) is 5. The van der Waals surface area contributed by atoms with E-state index in [0.29, 0.717) is 26.5 Å². The predicted octanol–water partition coefficient (Wildman–Crippen LogP) is 9.95. The van der Waals surface area contributed by atoms with Crippen molar-refractivity contribution in [1.29, 1.82) is 0 Å². The summed E-state index contributed by atoms with van der Waals surface area (Å²) in [6.07, 6.45) is 1.98. The first-order chi connectivity index (χ1) is 26.8. The third-order valence-electron chi connectivity index (χ3n) is 9.81. The smallest absolute Gasteiger partial charge is 0.338 e. The lowest BCUT2D eigenvalue weighted by Crippen LogP contribution is -2.40. The highest BCUT2D eigenvalue weighted by atomic mass is 79.9. The van der Waals surface area contributed by atoms with Crippen LogP contribution in [0.3, 0.4) is 0 Å². The van der Waals surface area contributed by atoms with Gasteiger partial charge in [-0.05, 0) is 71.5 Å². The van der Waals surface area contributed by atoms with E-state index in [-0.39, 0.29) is 12.2 Å². The van der Waals surface area contributed by atoms with Crippen LogP contribution >= 0.6 is 27.3 Å². The lowest BCUT2D eigenvalue weighted by Gasteiger charge is -2.26. The molecule has 6 nitrogen and oxygen atoms in total. The fourth-order valence-electron chi connectivity index (χ4n) is 7.17. The fraction of sp³-hybridized carbons (Fsp3) is 0.128. The highest BCUT2D eigenvalue weighted by Crippen LogP contribution is 2.38. The van der Waals surface area contributed by atoms with Gasteiger partial charge in [-0.2, -0.15) is 0 Å². The largest absolute Gasteiger partial charge is 0.463 e. The minimum Gasteiger partial charge on any atom is -0.463 e. The molecule has 0 radical (unpaired) electrons. The molecule has 1 aliphatic heterocycles. The van der Waals surface area contributed by atoms with Crippen molar-refractivity contribution in [2.75, 3.05) is 6.61 Å². The minimum atomic E-state index is -0.755. The van der Waals surface area contributed by atoms with E-state index in [2.05, 4.69) is 88.9 Å². The van der Waals surface area contributed by atoms with Crippen molar-refractivity contribution in [1.82, 2.24) is 9.13 Å². The summed E-state index contributed by atoms with van der Waals surface area (Å²) in [4.78, 5) is 34.6. The number of nitrogens with zero attached hydrogens (tertiary/aromatic N) is 3. The first-order valence-corrected chi connectivity index (χ1v) is 19.9. The lowest BCUT2D eigenvalue weighted by molar-refractivity contribution is -0.138. The maximum atomic E-state index is 15.0. The van der Waals surface area contributed by atoms with Crippen LogP contribution in [0.1, 0.15) is 55.0 Å². The van der Waals surface area contributed by atoms with Gasteiger partial charge in [0.05, 0.1) is 39.8 Å². The standard InChI is InChI=1S/C47H38BrN3O3S/c1-4-54-46(53)41-42(33-16-10-6-11-17-33)49-47-51(44(41)35-22-20-31(21-23-35)30(2)3)45(52)40(55-47)29-36-28-39(32-14-8-5-9-15-32)50(38-26-24-37(48)25-27-38)43(36)34-18-12-7-13-19-34/h5-30,44H,4H2,1-3H3/b40-29-/t44-/m1/s1. The number of esters is 1. The van der Waals surface area contributed by atoms with Gasteiger partial charge in [0.2, 0.25) is 0 Å². The lowest BCUT2D eigenvalue weighted by atomic mass is 9.91. The highest BCUT2D eigenvalue weighted by Gasteiger charge is 2.35. The third-order valence-corrected chi connectivity index (χ3v) is 11.3. The number of carbonyl (C=O) groups is 1. The van der Waals surface area contributed by atoms with Crippen LogP contribution < -0.4 is 14.9 Å². The molecule has 0 fully saturated rings. The van der Waals surface area contributed by atoms with Crippen molar-refractivity contribution in [2.45, 2.75) is 32.7 Å². The van der Waals surface area contributed by atoms with Gasteiger partial charge in [0, 0.05) is 21.3 Å². The number of ether oxygens (including phenoxy) is 1. The van der Waals surface area contributed by atoms with Gasteiger partial charge in [-0.25, -0.2) is 9.79 Å². The molecule has 8 heteroatoms. The van der Waals surface area contributed by atoms with Crippen molar-refractivity contribution < 1.29 is 9.53 Å². The molecule has 1 aliphatic rings. The average molecular weight is 805 g/mol. The molecule has 0 bridgehead atoms. The van der Waals surface area contributed by atoms with Crippen LogP contribution in [0, 0.1) is 0 Å². The second kappa shape index (κ2) is 15.5. The molecular formula is C47H38BrN3O3S. The number of hydrogen-bond donors (Lipinski definition) is 0. The molecule has 0 saturated heterocycles.